The third kappa shape index (κ3) is 6.38. The van der Waals surface area contributed by atoms with E-state index in [0.717, 1.165) is 17.7 Å². The van der Waals surface area contributed by atoms with Gasteiger partial charge in [0, 0.05) is 11.3 Å². The number of benzene rings is 2. The molecule has 0 saturated heterocycles. The number of allylic oxidation sites excluding steroid dienone is 1. The summed E-state index contributed by atoms with van der Waals surface area (Å²) in [6.45, 7) is 8.18. The van der Waals surface area contributed by atoms with E-state index in [9.17, 15) is 23.2 Å². The highest BCUT2D eigenvalue weighted by Crippen LogP contribution is 2.35. The molecule has 2 aromatic carbocycles. The number of anilines is 1. The smallest absolute Gasteiger partial charge is 0.416 e. The standard InChI is InChI=1S/C24H23F3N2O3/c1-4-8-17-11-16(13-21(31-5-2)22(17)32-6-3)12-18(15-28)23(30)29-20-10-7-9-19(14-20)24(25,26)27/h4,7,9-14H,1,5-6,8H2,2-3H3,(H,29,30)/b18-12+. The summed E-state index contributed by atoms with van der Waals surface area (Å²) < 4.78 is 50.1. The minimum Gasteiger partial charge on any atom is -0.490 e. The molecule has 0 aromatic heterocycles. The number of nitrogens with zero attached hydrogens (tertiary/aromatic N) is 1. The van der Waals surface area contributed by atoms with Gasteiger partial charge in [0.2, 0.25) is 0 Å². The lowest BCUT2D eigenvalue weighted by Gasteiger charge is -2.16. The van der Waals surface area contributed by atoms with Crippen LogP contribution in [0.25, 0.3) is 6.08 Å². The van der Waals surface area contributed by atoms with Gasteiger partial charge in [-0.1, -0.05) is 12.1 Å². The molecule has 1 amide bonds. The Kier molecular flexibility index (Phi) is 8.47. The summed E-state index contributed by atoms with van der Waals surface area (Å²) in [5.74, 6) is 0.179. The third-order valence-electron chi connectivity index (χ3n) is 4.23. The van der Waals surface area contributed by atoms with E-state index >= 15 is 0 Å². The van der Waals surface area contributed by atoms with E-state index in [0.29, 0.717) is 36.7 Å². The number of alkyl halides is 3. The number of hydrogen-bond acceptors (Lipinski definition) is 4. The van der Waals surface area contributed by atoms with Crippen LogP contribution < -0.4 is 14.8 Å². The Hall–Kier alpha value is -3.73. The Morgan fingerprint density at radius 1 is 1.19 bits per heavy atom. The van der Waals surface area contributed by atoms with Gasteiger partial charge < -0.3 is 14.8 Å². The zero-order chi connectivity index (χ0) is 23.7. The topological polar surface area (TPSA) is 71.4 Å². The molecule has 5 nitrogen and oxygen atoms in total. The zero-order valence-corrected chi connectivity index (χ0v) is 17.8. The van der Waals surface area contributed by atoms with Crippen molar-refractivity contribution in [2.24, 2.45) is 0 Å². The van der Waals surface area contributed by atoms with Crippen molar-refractivity contribution in [1.29, 1.82) is 5.26 Å². The average molecular weight is 444 g/mol. The molecule has 0 aliphatic carbocycles. The molecule has 1 N–H and O–H groups in total. The summed E-state index contributed by atoms with van der Waals surface area (Å²) in [7, 11) is 0. The number of rotatable bonds is 9. The van der Waals surface area contributed by atoms with Gasteiger partial charge in [0.05, 0.1) is 18.8 Å². The minimum absolute atomic E-state index is 0.0694. The lowest BCUT2D eigenvalue weighted by molar-refractivity contribution is -0.137. The Bertz CT molecular complexity index is 1050. The molecule has 2 rings (SSSR count). The van der Waals surface area contributed by atoms with Crippen LogP contribution >= 0.6 is 0 Å². The molecule has 0 heterocycles. The van der Waals surface area contributed by atoms with E-state index in [2.05, 4.69) is 11.9 Å². The summed E-state index contributed by atoms with van der Waals surface area (Å²) in [6.07, 6.45) is -1.05. The molecule has 0 saturated carbocycles. The van der Waals surface area contributed by atoms with Crippen LogP contribution in [0.1, 0.15) is 30.5 Å². The van der Waals surface area contributed by atoms with Crippen molar-refractivity contribution in [3.8, 4) is 17.6 Å². The molecule has 8 heteroatoms. The Morgan fingerprint density at radius 2 is 1.91 bits per heavy atom. The van der Waals surface area contributed by atoms with Crippen LogP contribution in [-0.2, 0) is 17.4 Å². The molecule has 0 aliphatic heterocycles. The number of hydrogen-bond donors (Lipinski definition) is 1. The molecule has 0 bridgehead atoms. The SMILES string of the molecule is C=CCc1cc(/C=C(\C#N)C(=O)Nc2cccc(C(F)(F)F)c2)cc(OCC)c1OCC. The number of carbonyl (C=O) groups excluding carboxylic acids is 1. The number of halogens is 3. The molecule has 32 heavy (non-hydrogen) atoms. The maximum Gasteiger partial charge on any atom is 0.416 e. The van der Waals surface area contributed by atoms with E-state index in [-0.39, 0.29) is 11.3 Å². The normalized spacial score (nSPS) is 11.4. The maximum atomic E-state index is 12.9. The Morgan fingerprint density at radius 3 is 2.50 bits per heavy atom. The zero-order valence-electron chi connectivity index (χ0n) is 17.8. The van der Waals surface area contributed by atoms with Crippen LogP contribution in [0.4, 0.5) is 18.9 Å². The van der Waals surface area contributed by atoms with E-state index in [1.165, 1.54) is 18.2 Å². The average Bonchev–Trinajstić information content (AvgIpc) is 2.74. The van der Waals surface area contributed by atoms with Crippen LogP contribution in [0, 0.1) is 11.3 Å². The summed E-state index contributed by atoms with van der Waals surface area (Å²) in [5.41, 5.74) is 0.0115. The molecular formula is C24H23F3N2O3. The monoisotopic (exact) mass is 444 g/mol. The van der Waals surface area contributed by atoms with E-state index in [1.54, 1.807) is 24.3 Å². The first kappa shape index (κ1) is 24.5. The van der Waals surface area contributed by atoms with Crippen LogP contribution in [0.3, 0.4) is 0 Å². The van der Waals surface area contributed by atoms with Crippen molar-refractivity contribution in [2.45, 2.75) is 26.4 Å². The van der Waals surface area contributed by atoms with Crippen LogP contribution in [0.5, 0.6) is 11.5 Å². The van der Waals surface area contributed by atoms with Gasteiger partial charge >= 0.3 is 6.18 Å². The number of ether oxygens (including phenoxy) is 2. The molecule has 0 unspecified atom stereocenters. The number of nitrogens with one attached hydrogen (secondary N) is 1. The van der Waals surface area contributed by atoms with Crippen LogP contribution in [-0.4, -0.2) is 19.1 Å². The lowest BCUT2D eigenvalue weighted by Crippen LogP contribution is -2.14. The van der Waals surface area contributed by atoms with Gasteiger partial charge in [-0.2, -0.15) is 18.4 Å². The first-order valence-electron chi connectivity index (χ1n) is 9.87. The van der Waals surface area contributed by atoms with Gasteiger partial charge in [0.1, 0.15) is 11.6 Å². The summed E-state index contributed by atoms with van der Waals surface area (Å²) in [5, 5.41) is 11.8. The highest BCUT2D eigenvalue weighted by Gasteiger charge is 2.30. The summed E-state index contributed by atoms with van der Waals surface area (Å²) >= 11 is 0. The maximum absolute atomic E-state index is 12.9. The fraction of sp³-hybridized carbons (Fsp3) is 0.250. The second kappa shape index (κ2) is 11.0. The van der Waals surface area contributed by atoms with Crippen molar-refractivity contribution in [3.05, 3.63) is 71.3 Å². The highest BCUT2D eigenvalue weighted by molar-refractivity contribution is 6.09. The van der Waals surface area contributed by atoms with Crippen molar-refractivity contribution in [1.82, 2.24) is 0 Å². The molecule has 0 aliphatic rings. The highest BCUT2D eigenvalue weighted by atomic mass is 19.4. The quantitative estimate of drug-likeness (QED) is 0.303. The van der Waals surface area contributed by atoms with Crippen LogP contribution in [0.15, 0.2) is 54.6 Å². The largest absolute Gasteiger partial charge is 0.490 e. The Labute approximate surface area is 184 Å². The van der Waals surface area contributed by atoms with Crippen LogP contribution in [0.2, 0.25) is 0 Å². The number of amides is 1. The van der Waals surface area contributed by atoms with Gasteiger partial charge in [0.25, 0.3) is 5.91 Å². The third-order valence-corrected chi connectivity index (χ3v) is 4.23. The molecule has 0 atom stereocenters. The number of nitriles is 1. The van der Waals surface area contributed by atoms with Gasteiger partial charge in [-0.3, -0.25) is 4.79 Å². The van der Waals surface area contributed by atoms with Crippen molar-refractivity contribution in [2.75, 3.05) is 18.5 Å². The molecule has 2 aromatic rings. The molecule has 0 radical (unpaired) electrons. The fourth-order valence-electron chi connectivity index (χ4n) is 2.93. The summed E-state index contributed by atoms with van der Waals surface area (Å²) in [6, 6.07) is 9.36. The molecule has 0 spiro atoms. The van der Waals surface area contributed by atoms with E-state index in [1.807, 2.05) is 13.8 Å². The van der Waals surface area contributed by atoms with Gasteiger partial charge in [-0.15, -0.1) is 6.58 Å². The van der Waals surface area contributed by atoms with Crippen molar-refractivity contribution < 1.29 is 27.4 Å². The van der Waals surface area contributed by atoms with Crippen molar-refractivity contribution >= 4 is 17.7 Å². The summed E-state index contributed by atoms with van der Waals surface area (Å²) in [4.78, 5) is 12.5. The predicted molar refractivity (Wildman–Crippen MR) is 116 cm³/mol. The number of carbonyl (C=O) groups is 1. The first-order chi connectivity index (χ1) is 15.2. The second-order valence-corrected chi connectivity index (χ2v) is 6.57. The Balaban J connectivity index is 2.41. The predicted octanol–water partition coefficient (Wildman–Crippen LogP) is 5.78. The van der Waals surface area contributed by atoms with Gasteiger partial charge in [-0.05, 0) is 62.2 Å². The molecule has 0 fully saturated rings. The van der Waals surface area contributed by atoms with Gasteiger partial charge in [0.15, 0.2) is 11.5 Å². The molecular weight excluding hydrogens is 421 g/mol. The van der Waals surface area contributed by atoms with Gasteiger partial charge in [-0.25, -0.2) is 0 Å². The lowest BCUT2D eigenvalue weighted by atomic mass is 10.0. The molecule has 168 valence electrons. The first-order valence-corrected chi connectivity index (χ1v) is 9.87. The van der Waals surface area contributed by atoms with Crippen molar-refractivity contribution in [3.63, 3.8) is 0 Å². The minimum atomic E-state index is -4.55. The van der Waals surface area contributed by atoms with E-state index in [4.69, 9.17) is 9.47 Å². The van der Waals surface area contributed by atoms with E-state index < -0.39 is 17.6 Å². The fourth-order valence-corrected chi connectivity index (χ4v) is 2.93. The second-order valence-electron chi connectivity index (χ2n) is 6.57.